The summed E-state index contributed by atoms with van der Waals surface area (Å²) in [5.41, 5.74) is 2.42. The summed E-state index contributed by atoms with van der Waals surface area (Å²) < 4.78 is 40.1. The van der Waals surface area contributed by atoms with Crippen molar-refractivity contribution in [2.24, 2.45) is 0 Å². The largest absolute Gasteiger partial charge is 0.481 e. The number of allylic oxidation sites excluding steroid dienone is 1. The van der Waals surface area contributed by atoms with Gasteiger partial charge in [0.05, 0.1) is 28.5 Å². The Hall–Kier alpha value is -2.75. The van der Waals surface area contributed by atoms with Gasteiger partial charge in [0.15, 0.2) is 0 Å². The third-order valence-electron chi connectivity index (χ3n) is 5.05. The summed E-state index contributed by atoms with van der Waals surface area (Å²) in [6.45, 7) is 3.72. The summed E-state index contributed by atoms with van der Waals surface area (Å²) in [6, 6.07) is 4.70. The Morgan fingerprint density at radius 3 is 2.48 bits per heavy atom. The summed E-state index contributed by atoms with van der Waals surface area (Å²) in [7, 11) is 0. The summed E-state index contributed by atoms with van der Waals surface area (Å²) in [5.74, 6) is -1.23. The van der Waals surface area contributed by atoms with Gasteiger partial charge in [-0.2, -0.15) is 18.3 Å². The van der Waals surface area contributed by atoms with Crippen LogP contribution in [0.25, 0.3) is 5.69 Å². The number of aliphatic carboxylic acids is 1. The van der Waals surface area contributed by atoms with Gasteiger partial charge in [0.2, 0.25) is 5.91 Å². The number of nitrogens with zero attached hydrogens (tertiary/aromatic N) is 2. The first-order valence-corrected chi connectivity index (χ1v) is 10.7. The molecule has 1 aliphatic rings. The zero-order valence-corrected chi connectivity index (χ0v) is 17.8. The van der Waals surface area contributed by atoms with Crippen LogP contribution >= 0.6 is 11.8 Å². The molecule has 1 amide bonds. The predicted molar refractivity (Wildman–Crippen MR) is 111 cm³/mol. The maximum Gasteiger partial charge on any atom is 0.416 e. The lowest BCUT2D eigenvalue weighted by Crippen LogP contribution is -2.34. The molecule has 1 aromatic heterocycles. The lowest BCUT2D eigenvalue weighted by atomic mass is 9.96. The van der Waals surface area contributed by atoms with Gasteiger partial charge >= 0.3 is 12.1 Å². The van der Waals surface area contributed by atoms with E-state index in [1.807, 2.05) is 26.0 Å². The average molecular weight is 453 g/mol. The molecule has 10 heteroatoms. The van der Waals surface area contributed by atoms with Gasteiger partial charge in [0.25, 0.3) is 0 Å². The van der Waals surface area contributed by atoms with E-state index in [0.29, 0.717) is 12.1 Å². The Bertz CT molecular complexity index is 1000. The molecule has 0 aliphatic heterocycles. The van der Waals surface area contributed by atoms with E-state index in [1.165, 1.54) is 12.1 Å². The fraction of sp³-hybridized carbons (Fsp3) is 0.381. The number of nitrogens with one attached hydrogen (secondary N) is 1. The fourth-order valence-electron chi connectivity index (χ4n) is 3.73. The lowest BCUT2D eigenvalue weighted by molar-refractivity contribution is -0.137. The molecule has 0 unspecified atom stereocenters. The topological polar surface area (TPSA) is 84.2 Å². The molecule has 2 N–H and O–H groups in total. The second-order valence-corrected chi connectivity index (χ2v) is 8.31. The molecule has 31 heavy (non-hydrogen) atoms. The van der Waals surface area contributed by atoms with E-state index >= 15 is 0 Å². The van der Waals surface area contributed by atoms with Crippen LogP contribution in [0.1, 0.15) is 34.9 Å². The van der Waals surface area contributed by atoms with Crippen LogP contribution in [0, 0.1) is 13.8 Å². The normalized spacial score (nSPS) is 18.4. The highest BCUT2D eigenvalue weighted by atomic mass is 32.2. The Balaban J connectivity index is 1.68. The molecule has 1 aliphatic carbocycles. The number of halogens is 3. The van der Waals surface area contributed by atoms with Crippen molar-refractivity contribution in [1.82, 2.24) is 15.1 Å². The first-order valence-electron chi connectivity index (χ1n) is 9.57. The van der Waals surface area contributed by atoms with E-state index in [4.69, 9.17) is 5.11 Å². The van der Waals surface area contributed by atoms with Crippen LogP contribution in [0.15, 0.2) is 36.4 Å². The fourth-order valence-corrected chi connectivity index (χ4v) is 4.28. The monoisotopic (exact) mass is 453 g/mol. The standard InChI is InChI=1S/C21H22F3N3O3S/c1-12-20(14-3-6-16(9-14)25-18(28)10-31-11-19(29)30)13(2)27(26-12)17-7-4-15(5-8-17)21(22,23)24/h3-8,14,16H,9-11H2,1-2H3,(H,25,28)(H,29,30)/t14-,16+/m0/s1. The average Bonchev–Trinajstić information content (AvgIpc) is 3.24. The minimum atomic E-state index is -4.39. The molecular formula is C21H22F3N3O3S. The first kappa shape index (κ1) is 22.9. The second-order valence-electron chi connectivity index (χ2n) is 7.33. The van der Waals surface area contributed by atoms with Crippen molar-refractivity contribution in [2.45, 2.75) is 38.4 Å². The smallest absolute Gasteiger partial charge is 0.416 e. The maximum atomic E-state index is 12.8. The minimum absolute atomic E-state index is 0.0140. The van der Waals surface area contributed by atoms with Crippen LogP contribution in [0.2, 0.25) is 0 Å². The Morgan fingerprint density at radius 2 is 1.87 bits per heavy atom. The molecule has 1 aromatic carbocycles. The third-order valence-corrected chi connectivity index (χ3v) is 5.96. The van der Waals surface area contributed by atoms with Gasteiger partial charge in [-0.25, -0.2) is 4.68 Å². The lowest BCUT2D eigenvalue weighted by Gasteiger charge is -2.15. The highest BCUT2D eigenvalue weighted by Gasteiger charge is 2.30. The van der Waals surface area contributed by atoms with Gasteiger partial charge in [0.1, 0.15) is 0 Å². The summed E-state index contributed by atoms with van der Waals surface area (Å²) >= 11 is 1.04. The first-order chi connectivity index (χ1) is 14.6. The van der Waals surface area contributed by atoms with Gasteiger partial charge < -0.3 is 10.4 Å². The van der Waals surface area contributed by atoms with Crippen LogP contribution in [0.5, 0.6) is 0 Å². The minimum Gasteiger partial charge on any atom is -0.481 e. The second kappa shape index (κ2) is 9.17. The molecule has 0 spiro atoms. The number of hydrogen-bond donors (Lipinski definition) is 2. The number of aryl methyl sites for hydroxylation is 1. The molecule has 166 valence electrons. The van der Waals surface area contributed by atoms with Crippen LogP contribution < -0.4 is 5.32 Å². The number of benzene rings is 1. The predicted octanol–water partition coefficient (Wildman–Crippen LogP) is 3.85. The van der Waals surface area contributed by atoms with E-state index in [-0.39, 0.29) is 29.4 Å². The number of carbonyl (C=O) groups is 2. The molecular weight excluding hydrogens is 431 g/mol. The summed E-state index contributed by atoms with van der Waals surface area (Å²) in [5, 5.41) is 16.0. The number of alkyl halides is 3. The van der Waals surface area contributed by atoms with Crippen molar-refractivity contribution in [3.05, 3.63) is 58.9 Å². The number of hydrogen-bond acceptors (Lipinski definition) is 4. The molecule has 0 fully saturated rings. The number of aromatic nitrogens is 2. The number of rotatable bonds is 7. The van der Waals surface area contributed by atoms with Gasteiger partial charge in [-0.05, 0) is 44.5 Å². The van der Waals surface area contributed by atoms with E-state index in [1.54, 1.807) is 4.68 Å². The van der Waals surface area contributed by atoms with Crippen LogP contribution in [0.4, 0.5) is 13.2 Å². The molecule has 0 radical (unpaired) electrons. The number of amides is 1. The zero-order valence-electron chi connectivity index (χ0n) is 16.9. The summed E-state index contributed by atoms with van der Waals surface area (Å²) in [4.78, 5) is 22.5. The molecule has 0 saturated carbocycles. The third kappa shape index (κ3) is 5.49. The number of carbonyl (C=O) groups excluding carboxylic acids is 1. The zero-order chi connectivity index (χ0) is 22.8. The molecule has 0 bridgehead atoms. The number of carboxylic acids is 1. The quantitative estimate of drug-likeness (QED) is 0.622. The molecule has 2 atom stereocenters. The number of thioether (sulfide) groups is 1. The van der Waals surface area contributed by atoms with Crippen LogP contribution in [-0.4, -0.2) is 44.3 Å². The van der Waals surface area contributed by atoms with Crippen molar-refractivity contribution in [3.8, 4) is 5.69 Å². The van der Waals surface area contributed by atoms with Crippen molar-refractivity contribution in [2.75, 3.05) is 11.5 Å². The maximum absolute atomic E-state index is 12.8. The molecule has 6 nitrogen and oxygen atoms in total. The van der Waals surface area contributed by atoms with Crippen molar-refractivity contribution >= 4 is 23.6 Å². The van der Waals surface area contributed by atoms with Gasteiger partial charge in [-0.1, -0.05) is 12.2 Å². The number of carboxylic acid groups (broad SMARTS) is 1. The molecule has 1 heterocycles. The van der Waals surface area contributed by atoms with Crippen molar-refractivity contribution < 1.29 is 27.9 Å². The highest BCUT2D eigenvalue weighted by Crippen LogP contribution is 2.34. The van der Waals surface area contributed by atoms with Crippen molar-refractivity contribution in [3.63, 3.8) is 0 Å². The van der Waals surface area contributed by atoms with Gasteiger partial charge in [0, 0.05) is 23.2 Å². The Morgan fingerprint density at radius 1 is 1.19 bits per heavy atom. The van der Waals surface area contributed by atoms with E-state index in [2.05, 4.69) is 10.4 Å². The van der Waals surface area contributed by atoms with Gasteiger partial charge in [-0.3, -0.25) is 9.59 Å². The van der Waals surface area contributed by atoms with E-state index < -0.39 is 17.7 Å². The highest BCUT2D eigenvalue weighted by molar-refractivity contribution is 8.00. The molecule has 0 saturated heterocycles. The summed E-state index contributed by atoms with van der Waals surface area (Å²) in [6.07, 6.45) is 0.136. The molecule has 3 rings (SSSR count). The van der Waals surface area contributed by atoms with Crippen molar-refractivity contribution in [1.29, 1.82) is 0 Å². The van der Waals surface area contributed by atoms with Gasteiger partial charge in [-0.15, -0.1) is 11.8 Å². The van der Waals surface area contributed by atoms with Crippen LogP contribution in [0.3, 0.4) is 0 Å². The SMILES string of the molecule is Cc1nn(-c2ccc(C(F)(F)F)cc2)c(C)c1[C@H]1C=C[C@@H](NC(=O)CSCC(=O)O)C1. The van der Waals surface area contributed by atoms with Crippen LogP contribution in [-0.2, 0) is 15.8 Å². The van der Waals surface area contributed by atoms with E-state index in [9.17, 15) is 22.8 Å². The Labute approximate surface area is 181 Å². The Kier molecular flexibility index (Phi) is 6.78. The van der Waals surface area contributed by atoms with E-state index in [0.717, 1.165) is 40.8 Å². The molecule has 2 aromatic rings.